The molecule has 1 amide bonds. The third-order valence-electron chi connectivity index (χ3n) is 8.35. The van der Waals surface area contributed by atoms with E-state index >= 15 is 0 Å². The molecule has 0 radical (unpaired) electrons. The van der Waals surface area contributed by atoms with Gasteiger partial charge < -0.3 is 10.0 Å². The standard InChI is InChI=1S/C28H27F2N3O2/c1-27-16-19-17-31-33(22-7-5-21(29)6-8-22)24(19)15-20(27)10-13-28(27,35)12-9-18-3-2-4-23(30)26(18)32-14-11-25(32)34/h2-8,15,17,35H,9-14,16H2,1H3/t27-,28-/m0/s1. The number of carbonyl (C=O) groups is 1. The lowest BCUT2D eigenvalue weighted by Gasteiger charge is -2.43. The van der Waals surface area contributed by atoms with E-state index in [1.165, 1.54) is 28.7 Å². The maximum Gasteiger partial charge on any atom is 0.228 e. The van der Waals surface area contributed by atoms with E-state index < -0.39 is 16.8 Å². The number of nitrogens with zero attached hydrogens (tertiary/aromatic N) is 3. The van der Waals surface area contributed by atoms with Gasteiger partial charge in [-0.05, 0) is 79.6 Å². The molecule has 0 bridgehead atoms. The van der Waals surface area contributed by atoms with Gasteiger partial charge in [0, 0.05) is 18.4 Å². The van der Waals surface area contributed by atoms with Gasteiger partial charge in [0.2, 0.25) is 5.91 Å². The van der Waals surface area contributed by atoms with Gasteiger partial charge in [0.1, 0.15) is 11.6 Å². The van der Waals surface area contributed by atoms with Crippen molar-refractivity contribution in [1.82, 2.24) is 9.78 Å². The minimum absolute atomic E-state index is 0.0638. The molecule has 0 unspecified atom stereocenters. The highest BCUT2D eigenvalue weighted by Gasteiger charge is 2.54. The number of hydrogen-bond donors (Lipinski definition) is 1. The number of anilines is 1. The summed E-state index contributed by atoms with van der Waals surface area (Å²) in [6.07, 6.45) is 7.39. The number of benzene rings is 2. The fourth-order valence-corrected chi connectivity index (χ4v) is 6.08. The quantitative estimate of drug-likeness (QED) is 0.529. The van der Waals surface area contributed by atoms with Crippen LogP contribution in [0.15, 0.2) is 54.2 Å². The van der Waals surface area contributed by atoms with Crippen molar-refractivity contribution in [2.45, 2.75) is 51.0 Å². The van der Waals surface area contributed by atoms with Crippen molar-refractivity contribution in [2.75, 3.05) is 11.4 Å². The van der Waals surface area contributed by atoms with Gasteiger partial charge in [-0.25, -0.2) is 13.5 Å². The Morgan fingerprint density at radius 2 is 1.91 bits per heavy atom. The molecule has 7 heteroatoms. The molecule has 2 atom stereocenters. The summed E-state index contributed by atoms with van der Waals surface area (Å²) in [5.41, 5.74) is 3.67. The number of fused-ring (bicyclic) bond motifs is 2. The number of amides is 1. The highest BCUT2D eigenvalue weighted by Crippen LogP contribution is 2.57. The predicted molar refractivity (Wildman–Crippen MR) is 129 cm³/mol. The van der Waals surface area contributed by atoms with Gasteiger partial charge in [0.05, 0.1) is 28.9 Å². The molecule has 3 aromatic rings. The van der Waals surface area contributed by atoms with Gasteiger partial charge in [-0.15, -0.1) is 0 Å². The van der Waals surface area contributed by atoms with Crippen LogP contribution in [0.3, 0.4) is 0 Å². The molecule has 1 saturated heterocycles. The monoisotopic (exact) mass is 475 g/mol. The molecule has 2 aromatic carbocycles. The lowest BCUT2D eigenvalue weighted by molar-refractivity contribution is -0.122. The second-order valence-electron chi connectivity index (χ2n) is 10.2. The van der Waals surface area contributed by atoms with Crippen LogP contribution >= 0.6 is 0 Å². The Morgan fingerprint density at radius 3 is 2.63 bits per heavy atom. The SMILES string of the molecule is C[C@]12Cc3cnn(-c4ccc(F)cc4)c3C=C1CC[C@@]2(O)CCc1cccc(F)c1N1CCC1=O. The molecule has 1 saturated carbocycles. The second-order valence-corrected chi connectivity index (χ2v) is 10.2. The second kappa shape index (κ2) is 7.85. The molecule has 1 aliphatic heterocycles. The van der Waals surface area contributed by atoms with E-state index in [1.807, 2.05) is 16.9 Å². The fraction of sp³-hybridized carbons (Fsp3) is 0.357. The summed E-state index contributed by atoms with van der Waals surface area (Å²) in [4.78, 5) is 13.5. The van der Waals surface area contributed by atoms with E-state index in [9.17, 15) is 18.7 Å². The van der Waals surface area contributed by atoms with Crippen molar-refractivity contribution in [1.29, 1.82) is 0 Å². The Bertz CT molecular complexity index is 1360. The van der Waals surface area contributed by atoms with Crippen LogP contribution in [-0.4, -0.2) is 32.9 Å². The van der Waals surface area contributed by atoms with E-state index in [0.717, 1.165) is 28.9 Å². The fourth-order valence-electron chi connectivity index (χ4n) is 6.08. The molecule has 2 heterocycles. The molecule has 35 heavy (non-hydrogen) atoms. The highest BCUT2D eigenvalue weighted by atomic mass is 19.1. The van der Waals surface area contributed by atoms with Gasteiger partial charge in [-0.1, -0.05) is 24.6 Å². The van der Waals surface area contributed by atoms with Crippen LogP contribution in [0.25, 0.3) is 11.8 Å². The highest BCUT2D eigenvalue weighted by molar-refractivity contribution is 6.00. The number of carbonyl (C=O) groups excluding carboxylic acids is 1. The van der Waals surface area contributed by atoms with E-state index in [0.29, 0.717) is 44.3 Å². The van der Waals surface area contributed by atoms with Gasteiger partial charge >= 0.3 is 0 Å². The topological polar surface area (TPSA) is 58.4 Å². The molecule has 0 spiro atoms. The summed E-state index contributed by atoms with van der Waals surface area (Å²) < 4.78 is 29.9. The van der Waals surface area contributed by atoms with Crippen LogP contribution in [0.2, 0.25) is 0 Å². The average Bonchev–Trinajstić information content (AvgIpc) is 3.35. The van der Waals surface area contributed by atoms with Crippen molar-refractivity contribution < 1.29 is 18.7 Å². The van der Waals surface area contributed by atoms with Gasteiger partial charge in [0.25, 0.3) is 0 Å². The molecule has 3 aliphatic rings. The van der Waals surface area contributed by atoms with Crippen LogP contribution in [0, 0.1) is 17.0 Å². The molecule has 180 valence electrons. The van der Waals surface area contributed by atoms with Crippen LogP contribution in [0.4, 0.5) is 14.5 Å². The van der Waals surface area contributed by atoms with Crippen molar-refractivity contribution >= 4 is 17.7 Å². The number of aryl methyl sites for hydroxylation is 1. The summed E-state index contributed by atoms with van der Waals surface area (Å²) in [6.45, 7) is 2.64. The first-order valence-corrected chi connectivity index (χ1v) is 12.1. The summed E-state index contributed by atoms with van der Waals surface area (Å²) in [7, 11) is 0. The minimum atomic E-state index is -0.961. The zero-order valence-electron chi connectivity index (χ0n) is 19.6. The van der Waals surface area contributed by atoms with Gasteiger partial charge in [-0.2, -0.15) is 5.10 Å². The molecular weight excluding hydrogens is 448 g/mol. The maximum absolute atomic E-state index is 14.7. The lowest BCUT2D eigenvalue weighted by Crippen LogP contribution is -2.46. The van der Waals surface area contributed by atoms with Crippen LogP contribution in [-0.2, 0) is 17.6 Å². The largest absolute Gasteiger partial charge is 0.389 e. The zero-order chi connectivity index (χ0) is 24.4. The molecule has 1 N–H and O–H groups in total. The van der Waals surface area contributed by atoms with Crippen molar-refractivity contribution in [2.24, 2.45) is 5.41 Å². The molecule has 1 aromatic heterocycles. The Morgan fingerprint density at radius 1 is 1.11 bits per heavy atom. The summed E-state index contributed by atoms with van der Waals surface area (Å²) in [5.74, 6) is -0.746. The first-order valence-electron chi connectivity index (χ1n) is 12.1. The summed E-state index contributed by atoms with van der Waals surface area (Å²) in [6, 6.07) is 11.2. The normalized spacial score (nSPS) is 25.2. The van der Waals surface area contributed by atoms with Crippen LogP contribution in [0.5, 0.6) is 0 Å². The van der Waals surface area contributed by atoms with Gasteiger partial charge in [-0.3, -0.25) is 4.79 Å². The lowest BCUT2D eigenvalue weighted by atomic mass is 9.65. The molecule has 6 rings (SSSR count). The number of para-hydroxylation sites is 1. The number of aromatic nitrogens is 2. The molecule has 2 aliphatic carbocycles. The first-order chi connectivity index (χ1) is 16.8. The Hall–Kier alpha value is -3.32. The van der Waals surface area contributed by atoms with Crippen molar-refractivity contribution in [3.63, 3.8) is 0 Å². The molecule has 5 nitrogen and oxygen atoms in total. The molecule has 2 fully saturated rings. The maximum atomic E-state index is 14.7. The van der Waals surface area contributed by atoms with E-state index in [1.54, 1.807) is 18.2 Å². The number of hydrogen-bond acceptors (Lipinski definition) is 3. The minimum Gasteiger partial charge on any atom is -0.389 e. The summed E-state index contributed by atoms with van der Waals surface area (Å²) >= 11 is 0. The number of rotatable bonds is 5. The van der Waals surface area contributed by atoms with E-state index in [-0.39, 0.29) is 11.7 Å². The Balaban J connectivity index is 1.28. The predicted octanol–water partition coefficient (Wildman–Crippen LogP) is 4.99. The zero-order valence-corrected chi connectivity index (χ0v) is 19.6. The van der Waals surface area contributed by atoms with Gasteiger partial charge in [0.15, 0.2) is 0 Å². The number of aliphatic hydroxyl groups is 1. The third-order valence-corrected chi connectivity index (χ3v) is 8.35. The summed E-state index contributed by atoms with van der Waals surface area (Å²) in [5, 5.41) is 16.5. The van der Waals surface area contributed by atoms with Crippen molar-refractivity contribution in [3.8, 4) is 5.69 Å². The van der Waals surface area contributed by atoms with Crippen LogP contribution in [0.1, 0.15) is 49.4 Å². The number of β-lactam (4-membered cyclic amide) rings is 1. The first kappa shape index (κ1) is 22.2. The number of halogens is 2. The Kier molecular flexibility index (Phi) is 4.97. The van der Waals surface area contributed by atoms with Crippen molar-refractivity contribution in [3.05, 3.63) is 82.7 Å². The van der Waals surface area contributed by atoms with E-state index in [4.69, 9.17) is 0 Å². The smallest absolute Gasteiger partial charge is 0.228 e. The molecular formula is C28H27F2N3O2. The average molecular weight is 476 g/mol. The van der Waals surface area contributed by atoms with Crippen LogP contribution < -0.4 is 4.90 Å². The Labute approximate surface area is 202 Å². The third kappa shape index (κ3) is 3.36. The van der Waals surface area contributed by atoms with E-state index in [2.05, 4.69) is 18.1 Å².